The average molecular weight is 314 g/mol. The number of nitrogens with zero attached hydrogens (tertiary/aromatic N) is 4. The molecule has 8 heteroatoms. The van der Waals surface area contributed by atoms with Gasteiger partial charge in [0.15, 0.2) is 5.82 Å². The molecule has 1 aliphatic heterocycles. The number of piperazine rings is 1. The van der Waals surface area contributed by atoms with E-state index in [4.69, 9.17) is 22.1 Å². The summed E-state index contributed by atoms with van der Waals surface area (Å²) in [5.41, 5.74) is 5.19. The molecule has 116 valence electrons. The van der Waals surface area contributed by atoms with Crippen LogP contribution >= 0.6 is 11.6 Å². The lowest BCUT2D eigenvalue weighted by Gasteiger charge is -2.36. The molecular formula is C13H20ClN5O2. The summed E-state index contributed by atoms with van der Waals surface area (Å²) in [7, 11) is 0. The second kappa shape index (κ2) is 5.93. The van der Waals surface area contributed by atoms with E-state index in [2.05, 4.69) is 9.97 Å². The zero-order valence-corrected chi connectivity index (χ0v) is 13.2. The van der Waals surface area contributed by atoms with E-state index in [-0.39, 0.29) is 11.9 Å². The molecule has 0 saturated carbocycles. The molecule has 0 spiro atoms. The fraction of sp³-hybridized carbons (Fsp3) is 0.615. The van der Waals surface area contributed by atoms with Crippen molar-refractivity contribution in [2.45, 2.75) is 26.4 Å². The van der Waals surface area contributed by atoms with E-state index < -0.39 is 5.60 Å². The Morgan fingerprint density at radius 3 is 2.48 bits per heavy atom. The summed E-state index contributed by atoms with van der Waals surface area (Å²) < 4.78 is 5.36. The molecule has 0 aliphatic carbocycles. The zero-order valence-electron chi connectivity index (χ0n) is 12.5. The van der Waals surface area contributed by atoms with Crippen LogP contribution in [0, 0.1) is 0 Å². The quantitative estimate of drug-likeness (QED) is 0.850. The van der Waals surface area contributed by atoms with Crippen molar-refractivity contribution in [1.29, 1.82) is 0 Å². The molecule has 7 nitrogen and oxygen atoms in total. The first-order valence-corrected chi connectivity index (χ1v) is 7.14. The van der Waals surface area contributed by atoms with Crippen molar-refractivity contribution < 1.29 is 9.53 Å². The molecule has 1 aliphatic rings. The molecule has 1 amide bonds. The summed E-state index contributed by atoms with van der Waals surface area (Å²) in [5, 5.41) is 0.350. The van der Waals surface area contributed by atoms with Gasteiger partial charge in [0.1, 0.15) is 22.8 Å². The molecule has 1 fully saturated rings. The number of halogens is 1. The van der Waals surface area contributed by atoms with Gasteiger partial charge in [-0.2, -0.15) is 0 Å². The largest absolute Gasteiger partial charge is 0.444 e. The Labute approximate surface area is 129 Å². The second-order valence-corrected chi connectivity index (χ2v) is 6.23. The lowest BCUT2D eigenvalue weighted by Crippen LogP contribution is -2.50. The molecule has 1 aromatic rings. The van der Waals surface area contributed by atoms with Gasteiger partial charge in [-0.25, -0.2) is 14.8 Å². The Hall–Kier alpha value is -1.76. The Morgan fingerprint density at radius 2 is 1.90 bits per heavy atom. The van der Waals surface area contributed by atoms with Gasteiger partial charge in [-0.05, 0) is 20.8 Å². The van der Waals surface area contributed by atoms with Gasteiger partial charge >= 0.3 is 6.09 Å². The van der Waals surface area contributed by atoms with E-state index in [0.29, 0.717) is 37.0 Å². The number of anilines is 2. The number of hydrogen-bond donors (Lipinski definition) is 1. The van der Waals surface area contributed by atoms with Crippen LogP contribution in [0.2, 0.25) is 5.02 Å². The van der Waals surface area contributed by atoms with Crippen LogP contribution in [0.25, 0.3) is 0 Å². The van der Waals surface area contributed by atoms with Gasteiger partial charge in [-0.1, -0.05) is 11.6 Å². The number of amides is 1. The lowest BCUT2D eigenvalue weighted by molar-refractivity contribution is 0.0240. The number of nitrogens with two attached hydrogens (primary N) is 1. The number of aromatic nitrogens is 2. The first-order chi connectivity index (χ1) is 9.78. The van der Waals surface area contributed by atoms with Crippen LogP contribution in [-0.4, -0.2) is 52.7 Å². The van der Waals surface area contributed by atoms with Crippen LogP contribution in [0.15, 0.2) is 6.33 Å². The van der Waals surface area contributed by atoms with Crippen molar-refractivity contribution in [3.63, 3.8) is 0 Å². The fourth-order valence-electron chi connectivity index (χ4n) is 2.02. The van der Waals surface area contributed by atoms with Gasteiger partial charge in [0, 0.05) is 26.2 Å². The van der Waals surface area contributed by atoms with Crippen LogP contribution in [0.1, 0.15) is 20.8 Å². The molecule has 21 heavy (non-hydrogen) atoms. The number of ether oxygens (including phenoxy) is 1. The minimum absolute atomic E-state index is 0.260. The SMILES string of the molecule is CC(C)(C)OC(=O)N1CCN(c2ncnc(N)c2Cl)CC1. The van der Waals surface area contributed by atoms with Gasteiger partial charge in [0.05, 0.1) is 0 Å². The molecule has 0 bridgehead atoms. The highest BCUT2D eigenvalue weighted by molar-refractivity contribution is 6.35. The molecule has 1 aromatic heterocycles. The third-order valence-electron chi connectivity index (χ3n) is 3.03. The number of hydrogen-bond acceptors (Lipinski definition) is 6. The molecule has 0 radical (unpaired) electrons. The van der Waals surface area contributed by atoms with Crippen molar-refractivity contribution in [2.24, 2.45) is 0 Å². The lowest BCUT2D eigenvalue weighted by atomic mass is 10.2. The number of rotatable bonds is 1. The Morgan fingerprint density at radius 1 is 1.29 bits per heavy atom. The summed E-state index contributed by atoms with van der Waals surface area (Å²) in [4.78, 5) is 23.7. The summed E-state index contributed by atoms with van der Waals surface area (Å²) in [6.45, 7) is 7.90. The average Bonchev–Trinajstić information content (AvgIpc) is 2.40. The second-order valence-electron chi connectivity index (χ2n) is 5.85. The van der Waals surface area contributed by atoms with Gasteiger partial charge in [-0.3, -0.25) is 0 Å². The van der Waals surface area contributed by atoms with E-state index in [9.17, 15) is 4.79 Å². The van der Waals surface area contributed by atoms with Crippen molar-refractivity contribution in [1.82, 2.24) is 14.9 Å². The van der Waals surface area contributed by atoms with Crippen molar-refractivity contribution in [2.75, 3.05) is 36.8 Å². The standard InChI is InChI=1S/C13H20ClN5O2/c1-13(2,3)21-12(20)19-6-4-18(5-7-19)11-9(14)10(15)16-8-17-11/h8H,4-7H2,1-3H3,(H2,15,16,17). The first-order valence-electron chi connectivity index (χ1n) is 6.77. The van der Waals surface area contributed by atoms with Crippen molar-refractivity contribution >= 4 is 29.3 Å². The molecule has 2 N–H and O–H groups in total. The maximum atomic E-state index is 12.0. The van der Waals surface area contributed by atoms with Crippen molar-refractivity contribution in [3.8, 4) is 0 Å². The zero-order chi connectivity index (χ0) is 15.6. The fourth-order valence-corrected chi connectivity index (χ4v) is 2.24. The number of carbonyl (C=O) groups is 1. The van der Waals surface area contributed by atoms with E-state index in [1.165, 1.54) is 6.33 Å². The summed E-state index contributed by atoms with van der Waals surface area (Å²) in [6.07, 6.45) is 1.09. The maximum Gasteiger partial charge on any atom is 0.410 e. The van der Waals surface area contributed by atoms with Gasteiger partial charge in [0.25, 0.3) is 0 Å². The highest BCUT2D eigenvalue weighted by atomic mass is 35.5. The maximum absolute atomic E-state index is 12.0. The Balaban J connectivity index is 1.97. The summed E-state index contributed by atoms with van der Waals surface area (Å²) in [5.74, 6) is 0.865. The molecule has 1 saturated heterocycles. The van der Waals surface area contributed by atoms with E-state index >= 15 is 0 Å². The van der Waals surface area contributed by atoms with Gasteiger partial charge < -0.3 is 20.3 Å². The number of nitrogen functional groups attached to an aromatic ring is 1. The third-order valence-corrected chi connectivity index (χ3v) is 3.39. The van der Waals surface area contributed by atoms with Crippen LogP contribution < -0.4 is 10.6 Å². The first kappa shape index (κ1) is 15.6. The molecular weight excluding hydrogens is 294 g/mol. The van der Waals surface area contributed by atoms with Crippen LogP contribution in [0.5, 0.6) is 0 Å². The van der Waals surface area contributed by atoms with E-state index in [1.807, 2.05) is 25.7 Å². The predicted octanol–water partition coefficient (Wildman–Crippen LogP) is 1.77. The van der Waals surface area contributed by atoms with Crippen LogP contribution in [0.3, 0.4) is 0 Å². The normalized spacial score (nSPS) is 16.0. The molecule has 0 atom stereocenters. The minimum Gasteiger partial charge on any atom is -0.444 e. The van der Waals surface area contributed by atoms with E-state index in [0.717, 1.165) is 0 Å². The smallest absolute Gasteiger partial charge is 0.410 e. The summed E-state index contributed by atoms with van der Waals surface area (Å²) in [6, 6.07) is 0. The molecule has 0 unspecified atom stereocenters. The number of carbonyl (C=O) groups excluding carboxylic acids is 1. The van der Waals surface area contributed by atoms with Crippen LogP contribution in [-0.2, 0) is 4.74 Å². The van der Waals surface area contributed by atoms with E-state index in [1.54, 1.807) is 4.90 Å². The topological polar surface area (TPSA) is 84.6 Å². The Kier molecular flexibility index (Phi) is 4.41. The third kappa shape index (κ3) is 3.87. The minimum atomic E-state index is -0.487. The predicted molar refractivity (Wildman–Crippen MR) is 81.5 cm³/mol. The Bertz CT molecular complexity index is 524. The molecule has 2 heterocycles. The van der Waals surface area contributed by atoms with Gasteiger partial charge in [-0.15, -0.1) is 0 Å². The highest BCUT2D eigenvalue weighted by Crippen LogP contribution is 2.27. The molecule has 0 aromatic carbocycles. The highest BCUT2D eigenvalue weighted by Gasteiger charge is 2.27. The van der Waals surface area contributed by atoms with Crippen molar-refractivity contribution in [3.05, 3.63) is 11.3 Å². The molecule has 2 rings (SSSR count). The monoisotopic (exact) mass is 313 g/mol. The van der Waals surface area contributed by atoms with Crippen LogP contribution in [0.4, 0.5) is 16.4 Å². The summed E-state index contributed by atoms with van der Waals surface area (Å²) >= 11 is 6.12. The van der Waals surface area contributed by atoms with Gasteiger partial charge in [0.2, 0.25) is 0 Å².